The lowest BCUT2D eigenvalue weighted by atomic mass is 10.1. The normalized spacial score (nSPS) is 16.4. The second-order valence-electron chi connectivity index (χ2n) is 5.60. The molecule has 0 heterocycles. The van der Waals surface area contributed by atoms with Gasteiger partial charge in [0.15, 0.2) is 0 Å². The molecule has 0 aromatic heterocycles. The third-order valence-corrected chi connectivity index (χ3v) is 4.43. The van der Waals surface area contributed by atoms with Gasteiger partial charge in [-0.2, -0.15) is 0 Å². The van der Waals surface area contributed by atoms with Crippen molar-refractivity contribution in [2.45, 2.75) is 31.7 Å². The maximum absolute atomic E-state index is 13.1. The summed E-state index contributed by atoms with van der Waals surface area (Å²) in [6, 6.07) is 12.2. The van der Waals surface area contributed by atoms with Gasteiger partial charge in [-0.1, -0.05) is 35.9 Å². The lowest BCUT2D eigenvalue weighted by Crippen LogP contribution is -2.27. The van der Waals surface area contributed by atoms with Gasteiger partial charge >= 0.3 is 0 Å². The third-order valence-electron chi connectivity index (χ3n) is 4.08. The van der Waals surface area contributed by atoms with Gasteiger partial charge in [0.1, 0.15) is 5.82 Å². The first-order valence-electron chi connectivity index (χ1n) is 7.44. The van der Waals surface area contributed by atoms with Gasteiger partial charge in [-0.3, -0.25) is 4.79 Å². The van der Waals surface area contributed by atoms with Crippen molar-refractivity contribution in [3.05, 3.63) is 70.0 Å². The van der Waals surface area contributed by atoms with Crippen molar-refractivity contribution in [2.24, 2.45) is 0 Å². The van der Waals surface area contributed by atoms with E-state index < -0.39 is 0 Å². The van der Waals surface area contributed by atoms with Crippen LogP contribution >= 0.6 is 11.6 Å². The van der Waals surface area contributed by atoms with Crippen molar-refractivity contribution >= 4 is 17.5 Å². The highest BCUT2D eigenvalue weighted by atomic mass is 35.5. The maximum atomic E-state index is 13.1. The molecule has 2 nitrogen and oxygen atoms in total. The summed E-state index contributed by atoms with van der Waals surface area (Å²) in [5, 5.41) is 3.83. The van der Waals surface area contributed by atoms with Gasteiger partial charge in [0, 0.05) is 11.4 Å². The van der Waals surface area contributed by atoms with E-state index in [-0.39, 0.29) is 17.8 Å². The fourth-order valence-corrected chi connectivity index (χ4v) is 3.25. The highest BCUT2D eigenvalue weighted by Gasteiger charge is 2.25. The number of carbonyl (C=O) groups excluding carboxylic acids is 1. The smallest absolute Gasteiger partial charge is 0.220 e. The fraction of sp³-hybridized carbons (Fsp3) is 0.278. The Morgan fingerprint density at radius 1 is 1.27 bits per heavy atom. The van der Waals surface area contributed by atoms with Gasteiger partial charge < -0.3 is 5.32 Å². The average Bonchev–Trinajstić information content (AvgIpc) is 2.90. The summed E-state index contributed by atoms with van der Waals surface area (Å²) in [5.41, 5.74) is 3.09. The minimum atomic E-state index is -0.266. The summed E-state index contributed by atoms with van der Waals surface area (Å²) in [6.07, 6.45) is 2.67. The molecule has 114 valence electrons. The van der Waals surface area contributed by atoms with Crippen LogP contribution in [0.2, 0.25) is 5.02 Å². The molecule has 0 saturated carbocycles. The van der Waals surface area contributed by atoms with Crippen molar-refractivity contribution in [1.82, 2.24) is 5.32 Å². The van der Waals surface area contributed by atoms with Crippen molar-refractivity contribution in [3.8, 4) is 0 Å². The van der Waals surface area contributed by atoms with Crippen LogP contribution in [0.4, 0.5) is 4.39 Å². The van der Waals surface area contributed by atoms with Gasteiger partial charge in [0.2, 0.25) is 5.91 Å². The number of hydrogen-bond donors (Lipinski definition) is 1. The van der Waals surface area contributed by atoms with Crippen molar-refractivity contribution in [3.63, 3.8) is 0 Å². The Hall–Kier alpha value is -1.87. The van der Waals surface area contributed by atoms with E-state index in [0.717, 1.165) is 34.6 Å². The second kappa shape index (κ2) is 6.49. The summed E-state index contributed by atoms with van der Waals surface area (Å²) in [4.78, 5) is 12.1. The summed E-state index contributed by atoms with van der Waals surface area (Å²) in [6.45, 7) is 0. The van der Waals surface area contributed by atoms with Crippen LogP contribution in [0, 0.1) is 5.82 Å². The predicted octanol–water partition coefficient (Wildman–Crippen LogP) is 4.22. The van der Waals surface area contributed by atoms with Gasteiger partial charge in [-0.25, -0.2) is 4.39 Å². The van der Waals surface area contributed by atoms with Crippen molar-refractivity contribution in [1.29, 1.82) is 0 Å². The molecule has 1 N–H and O–H groups in total. The minimum absolute atomic E-state index is 0.0120. The highest BCUT2D eigenvalue weighted by molar-refractivity contribution is 6.31. The lowest BCUT2D eigenvalue weighted by Gasteiger charge is -2.14. The van der Waals surface area contributed by atoms with Crippen molar-refractivity contribution in [2.75, 3.05) is 0 Å². The van der Waals surface area contributed by atoms with E-state index in [2.05, 4.69) is 5.32 Å². The molecule has 2 aromatic carbocycles. The molecule has 1 amide bonds. The first kappa shape index (κ1) is 15.0. The van der Waals surface area contributed by atoms with E-state index in [1.807, 2.05) is 24.3 Å². The molecule has 0 radical (unpaired) electrons. The average molecular weight is 318 g/mol. The van der Waals surface area contributed by atoms with E-state index in [1.165, 1.54) is 12.1 Å². The topological polar surface area (TPSA) is 29.1 Å². The summed E-state index contributed by atoms with van der Waals surface area (Å²) in [5.74, 6) is -0.278. The number of rotatable bonds is 4. The van der Waals surface area contributed by atoms with Crippen molar-refractivity contribution < 1.29 is 9.18 Å². The van der Waals surface area contributed by atoms with Crippen LogP contribution in [0.1, 0.15) is 35.6 Å². The largest absolute Gasteiger partial charge is 0.349 e. The van der Waals surface area contributed by atoms with Gasteiger partial charge in [0.25, 0.3) is 0 Å². The molecule has 4 heteroatoms. The van der Waals surface area contributed by atoms with E-state index in [1.54, 1.807) is 6.07 Å². The Kier molecular flexibility index (Phi) is 4.44. The van der Waals surface area contributed by atoms with E-state index in [0.29, 0.717) is 12.8 Å². The zero-order valence-electron chi connectivity index (χ0n) is 12.1. The highest BCUT2D eigenvalue weighted by Crippen LogP contribution is 2.35. The maximum Gasteiger partial charge on any atom is 0.220 e. The number of amides is 1. The number of aryl methyl sites for hydroxylation is 1. The monoisotopic (exact) mass is 317 g/mol. The van der Waals surface area contributed by atoms with Gasteiger partial charge in [0.05, 0.1) is 6.04 Å². The summed E-state index contributed by atoms with van der Waals surface area (Å²) in [7, 11) is 0. The molecule has 0 saturated heterocycles. The number of nitrogens with one attached hydrogen (secondary N) is 1. The van der Waals surface area contributed by atoms with E-state index in [9.17, 15) is 9.18 Å². The number of carbonyl (C=O) groups is 1. The third kappa shape index (κ3) is 3.30. The molecule has 0 spiro atoms. The first-order chi connectivity index (χ1) is 10.6. The molecule has 0 aliphatic heterocycles. The molecule has 1 aliphatic carbocycles. The standard InChI is InChI=1S/C18H17ClFNO/c19-16-6-2-5-15-14(16)8-9-17(15)21-18(22)10-7-12-3-1-4-13(20)11-12/h1-6,11,17H,7-10H2,(H,21,22). The molecular weight excluding hydrogens is 301 g/mol. The van der Waals surface area contributed by atoms with Crippen LogP contribution in [0.3, 0.4) is 0 Å². The molecular formula is C18H17ClFNO. The Morgan fingerprint density at radius 3 is 2.91 bits per heavy atom. The van der Waals surface area contributed by atoms with E-state index in [4.69, 9.17) is 11.6 Å². The number of halogens is 2. The van der Waals surface area contributed by atoms with Gasteiger partial charge in [-0.15, -0.1) is 0 Å². The molecule has 3 rings (SSSR count). The van der Waals surface area contributed by atoms with Gasteiger partial charge in [-0.05, 0) is 54.2 Å². The quantitative estimate of drug-likeness (QED) is 0.899. The molecule has 2 aromatic rings. The molecule has 1 unspecified atom stereocenters. The van der Waals surface area contributed by atoms with Crippen LogP contribution in [0.5, 0.6) is 0 Å². The molecule has 1 aliphatic rings. The number of hydrogen-bond acceptors (Lipinski definition) is 1. The Morgan fingerprint density at radius 2 is 2.09 bits per heavy atom. The Bertz CT molecular complexity index is 701. The molecule has 22 heavy (non-hydrogen) atoms. The molecule has 1 atom stereocenters. The summed E-state index contributed by atoms with van der Waals surface area (Å²) < 4.78 is 13.1. The summed E-state index contributed by atoms with van der Waals surface area (Å²) >= 11 is 6.18. The zero-order chi connectivity index (χ0) is 15.5. The number of benzene rings is 2. The fourth-order valence-electron chi connectivity index (χ4n) is 2.98. The Labute approximate surface area is 134 Å². The van der Waals surface area contributed by atoms with E-state index >= 15 is 0 Å². The molecule has 0 fully saturated rings. The lowest BCUT2D eigenvalue weighted by molar-refractivity contribution is -0.121. The minimum Gasteiger partial charge on any atom is -0.349 e. The molecule has 0 bridgehead atoms. The van der Waals surface area contributed by atoms with Crippen LogP contribution in [-0.2, 0) is 17.6 Å². The first-order valence-corrected chi connectivity index (χ1v) is 7.82. The van der Waals surface area contributed by atoms with Crippen LogP contribution in [-0.4, -0.2) is 5.91 Å². The second-order valence-corrected chi connectivity index (χ2v) is 6.00. The zero-order valence-corrected chi connectivity index (χ0v) is 12.9. The van der Waals surface area contributed by atoms with Crippen LogP contribution in [0.25, 0.3) is 0 Å². The van der Waals surface area contributed by atoms with Crippen LogP contribution in [0.15, 0.2) is 42.5 Å². The van der Waals surface area contributed by atoms with Crippen LogP contribution < -0.4 is 5.32 Å². The Balaban J connectivity index is 1.59. The predicted molar refractivity (Wildman–Crippen MR) is 85.4 cm³/mol. The SMILES string of the molecule is O=C(CCc1cccc(F)c1)NC1CCc2c(Cl)cccc21. The number of fused-ring (bicyclic) bond motifs is 1.